The summed E-state index contributed by atoms with van der Waals surface area (Å²) >= 11 is 0. The quantitative estimate of drug-likeness (QED) is 0.522. The molecule has 170 valence electrons. The van der Waals surface area contributed by atoms with Crippen LogP contribution < -0.4 is 11.1 Å². The Labute approximate surface area is 178 Å². The van der Waals surface area contributed by atoms with E-state index >= 15 is 0 Å². The lowest BCUT2D eigenvalue weighted by Gasteiger charge is -2.34. The van der Waals surface area contributed by atoms with Crippen LogP contribution in [0.25, 0.3) is 0 Å². The third-order valence-electron chi connectivity index (χ3n) is 6.44. The zero-order valence-corrected chi connectivity index (χ0v) is 18.5. The highest BCUT2D eigenvalue weighted by atomic mass is 16.4. The Morgan fingerprint density at radius 2 is 1.60 bits per heavy atom. The molecule has 9 heteroatoms. The van der Waals surface area contributed by atoms with Crippen LogP contribution in [0.15, 0.2) is 0 Å². The fourth-order valence-electron chi connectivity index (χ4n) is 4.18. The molecular formula is C21H36N4O5. The molecule has 0 radical (unpaired) electrons. The van der Waals surface area contributed by atoms with Crippen molar-refractivity contribution in [3.8, 4) is 0 Å². The van der Waals surface area contributed by atoms with Gasteiger partial charge in [0.2, 0.25) is 17.7 Å². The number of hydrogen-bond donors (Lipinski definition) is 3. The minimum Gasteiger partial charge on any atom is -0.480 e. The van der Waals surface area contributed by atoms with Crippen LogP contribution in [0.1, 0.15) is 59.8 Å². The Morgan fingerprint density at radius 1 is 1.03 bits per heavy atom. The van der Waals surface area contributed by atoms with Gasteiger partial charge in [0.15, 0.2) is 0 Å². The van der Waals surface area contributed by atoms with E-state index in [-0.39, 0.29) is 29.6 Å². The maximum Gasteiger partial charge on any atom is 0.326 e. The number of nitrogens with one attached hydrogen (secondary N) is 1. The van der Waals surface area contributed by atoms with E-state index in [0.717, 1.165) is 0 Å². The molecule has 0 aromatic heterocycles. The van der Waals surface area contributed by atoms with Crippen LogP contribution in [-0.4, -0.2) is 75.9 Å². The molecule has 5 atom stereocenters. The van der Waals surface area contributed by atoms with Gasteiger partial charge in [-0.25, -0.2) is 4.79 Å². The monoisotopic (exact) mass is 424 g/mol. The third-order valence-corrected chi connectivity index (χ3v) is 6.44. The number of nitrogens with zero attached hydrogens (tertiary/aromatic N) is 2. The molecule has 2 rings (SSSR count). The number of carbonyl (C=O) groups is 4. The van der Waals surface area contributed by atoms with Gasteiger partial charge in [-0.3, -0.25) is 14.4 Å². The van der Waals surface area contributed by atoms with Gasteiger partial charge in [0, 0.05) is 13.1 Å². The summed E-state index contributed by atoms with van der Waals surface area (Å²) in [5.41, 5.74) is 5.95. The first-order valence-electron chi connectivity index (χ1n) is 11.0. The average molecular weight is 425 g/mol. The van der Waals surface area contributed by atoms with Crippen molar-refractivity contribution in [2.45, 2.75) is 84.0 Å². The zero-order chi connectivity index (χ0) is 22.6. The van der Waals surface area contributed by atoms with E-state index in [9.17, 15) is 24.3 Å². The van der Waals surface area contributed by atoms with Crippen molar-refractivity contribution in [2.24, 2.45) is 17.6 Å². The molecule has 3 amide bonds. The standard InChI is InChI=1S/C21H36N4O5/c1-5-13(4)17(23-18(26)16(22)12(2)3)20(28)24-10-6-8-14(24)19(27)25-11-7-9-15(25)21(29)30/h12-17H,5-11,22H2,1-4H3,(H,23,26)(H,29,30). The van der Waals surface area contributed by atoms with E-state index in [1.165, 1.54) is 9.80 Å². The van der Waals surface area contributed by atoms with Crippen LogP contribution in [0, 0.1) is 11.8 Å². The molecule has 2 fully saturated rings. The molecule has 2 heterocycles. The van der Waals surface area contributed by atoms with Crippen molar-refractivity contribution in [1.29, 1.82) is 0 Å². The topological polar surface area (TPSA) is 133 Å². The van der Waals surface area contributed by atoms with Crippen molar-refractivity contribution in [1.82, 2.24) is 15.1 Å². The van der Waals surface area contributed by atoms with Crippen LogP contribution in [0.3, 0.4) is 0 Å². The number of aliphatic carboxylic acids is 1. The Hall–Kier alpha value is -2.16. The number of amides is 3. The number of nitrogens with two attached hydrogens (primary N) is 1. The van der Waals surface area contributed by atoms with E-state index in [4.69, 9.17) is 5.73 Å². The van der Waals surface area contributed by atoms with Crippen molar-refractivity contribution in [2.75, 3.05) is 13.1 Å². The number of rotatable bonds is 8. The number of hydrogen-bond acceptors (Lipinski definition) is 5. The predicted octanol–water partition coefficient (Wildman–Crippen LogP) is 0.567. The normalized spacial score (nSPS) is 24.6. The number of carboxylic acid groups (broad SMARTS) is 1. The highest BCUT2D eigenvalue weighted by Gasteiger charge is 2.44. The summed E-state index contributed by atoms with van der Waals surface area (Å²) in [5.74, 6) is -2.19. The maximum absolute atomic E-state index is 13.4. The zero-order valence-electron chi connectivity index (χ0n) is 18.5. The average Bonchev–Trinajstić information content (AvgIpc) is 3.39. The second-order valence-electron chi connectivity index (χ2n) is 8.86. The SMILES string of the molecule is CCC(C)C(NC(=O)C(N)C(C)C)C(=O)N1CCCC1C(=O)N1CCCC1C(=O)O. The molecule has 0 saturated carbocycles. The lowest BCUT2D eigenvalue weighted by atomic mass is 9.96. The van der Waals surface area contributed by atoms with Crippen LogP contribution in [0.5, 0.6) is 0 Å². The van der Waals surface area contributed by atoms with E-state index in [1.54, 1.807) is 0 Å². The van der Waals surface area contributed by atoms with Crippen LogP contribution in [0.4, 0.5) is 0 Å². The van der Waals surface area contributed by atoms with Crippen molar-refractivity contribution < 1.29 is 24.3 Å². The summed E-state index contributed by atoms with van der Waals surface area (Å²) < 4.78 is 0. The fourth-order valence-corrected chi connectivity index (χ4v) is 4.18. The molecule has 30 heavy (non-hydrogen) atoms. The van der Waals surface area contributed by atoms with Gasteiger partial charge in [-0.1, -0.05) is 34.1 Å². The number of likely N-dealkylation sites (tertiary alicyclic amines) is 2. The minimum absolute atomic E-state index is 0.0677. The number of carbonyl (C=O) groups excluding carboxylic acids is 3. The molecule has 9 nitrogen and oxygen atoms in total. The van der Waals surface area contributed by atoms with Crippen LogP contribution in [-0.2, 0) is 19.2 Å². The number of carboxylic acids is 1. The van der Waals surface area contributed by atoms with Gasteiger partial charge in [0.1, 0.15) is 18.1 Å². The second kappa shape index (κ2) is 10.2. The van der Waals surface area contributed by atoms with E-state index in [0.29, 0.717) is 45.2 Å². The lowest BCUT2D eigenvalue weighted by Crippen LogP contribution is -2.58. The summed E-state index contributed by atoms with van der Waals surface area (Å²) in [6, 6.07) is -3.00. The smallest absolute Gasteiger partial charge is 0.326 e. The van der Waals surface area contributed by atoms with E-state index in [2.05, 4.69) is 5.32 Å². The first kappa shape index (κ1) is 24.1. The first-order valence-corrected chi connectivity index (χ1v) is 11.0. The first-order chi connectivity index (χ1) is 14.1. The Bertz CT molecular complexity index is 668. The molecular weight excluding hydrogens is 388 g/mol. The highest BCUT2D eigenvalue weighted by Crippen LogP contribution is 2.26. The molecule has 0 aromatic rings. The Balaban J connectivity index is 2.18. The largest absolute Gasteiger partial charge is 0.480 e. The van der Waals surface area contributed by atoms with Crippen molar-refractivity contribution >= 4 is 23.7 Å². The molecule has 0 aromatic carbocycles. The Morgan fingerprint density at radius 3 is 2.13 bits per heavy atom. The minimum atomic E-state index is -1.01. The van der Waals surface area contributed by atoms with E-state index < -0.39 is 30.1 Å². The van der Waals surface area contributed by atoms with Gasteiger partial charge in [0.05, 0.1) is 6.04 Å². The molecule has 0 spiro atoms. The molecule has 5 unspecified atom stereocenters. The van der Waals surface area contributed by atoms with Gasteiger partial charge < -0.3 is 26.0 Å². The maximum atomic E-state index is 13.4. The highest BCUT2D eigenvalue weighted by molar-refractivity contribution is 5.94. The molecule has 0 bridgehead atoms. The summed E-state index contributed by atoms with van der Waals surface area (Å²) in [6.07, 6.45) is 2.91. The van der Waals surface area contributed by atoms with Crippen molar-refractivity contribution in [3.63, 3.8) is 0 Å². The summed E-state index contributed by atoms with van der Waals surface area (Å²) in [4.78, 5) is 53.5. The second-order valence-corrected chi connectivity index (χ2v) is 8.86. The van der Waals surface area contributed by atoms with Crippen LogP contribution in [0.2, 0.25) is 0 Å². The van der Waals surface area contributed by atoms with Gasteiger partial charge in [-0.15, -0.1) is 0 Å². The molecule has 2 saturated heterocycles. The van der Waals surface area contributed by atoms with Gasteiger partial charge in [0.25, 0.3) is 0 Å². The van der Waals surface area contributed by atoms with Gasteiger partial charge in [-0.2, -0.15) is 0 Å². The molecule has 0 aliphatic carbocycles. The van der Waals surface area contributed by atoms with Gasteiger partial charge in [-0.05, 0) is 37.5 Å². The predicted molar refractivity (Wildman–Crippen MR) is 111 cm³/mol. The van der Waals surface area contributed by atoms with Crippen LogP contribution >= 0.6 is 0 Å². The third kappa shape index (κ3) is 5.11. The summed E-state index contributed by atoms with van der Waals surface area (Å²) in [7, 11) is 0. The van der Waals surface area contributed by atoms with Gasteiger partial charge >= 0.3 is 5.97 Å². The molecule has 2 aliphatic rings. The summed E-state index contributed by atoms with van der Waals surface area (Å²) in [6.45, 7) is 8.32. The Kier molecular flexibility index (Phi) is 8.23. The fraction of sp³-hybridized carbons (Fsp3) is 0.810. The molecule has 4 N–H and O–H groups in total. The summed E-state index contributed by atoms with van der Waals surface area (Å²) in [5, 5.41) is 12.2. The van der Waals surface area contributed by atoms with Crippen molar-refractivity contribution in [3.05, 3.63) is 0 Å². The molecule has 2 aliphatic heterocycles. The lowest BCUT2D eigenvalue weighted by molar-refractivity contribution is -0.152. The van der Waals surface area contributed by atoms with E-state index in [1.807, 2.05) is 27.7 Å².